The van der Waals surface area contributed by atoms with E-state index in [1.165, 1.54) is 0 Å². The van der Waals surface area contributed by atoms with Gasteiger partial charge in [0.1, 0.15) is 11.5 Å². The maximum absolute atomic E-state index is 12.2. The number of cyclic esters (lactones) is 1. The van der Waals surface area contributed by atoms with Crippen molar-refractivity contribution < 1.29 is 19.0 Å². The number of aliphatic imine (C=N–C) groups is 1. The van der Waals surface area contributed by atoms with E-state index >= 15 is 0 Å². The summed E-state index contributed by atoms with van der Waals surface area (Å²) in [5.74, 6) is 1.21. The number of carbonyl (C=O) groups excluding carboxylic acids is 1. The average Bonchev–Trinajstić information content (AvgIpc) is 2.98. The van der Waals surface area contributed by atoms with E-state index in [1.54, 1.807) is 6.08 Å². The fourth-order valence-electron chi connectivity index (χ4n) is 2.66. The summed E-state index contributed by atoms with van der Waals surface area (Å²) in [6, 6.07) is 13.1. The molecule has 5 nitrogen and oxygen atoms in total. The van der Waals surface area contributed by atoms with E-state index in [0.29, 0.717) is 24.9 Å². The molecule has 2 aromatic carbocycles. The first-order valence-electron chi connectivity index (χ1n) is 8.60. The van der Waals surface area contributed by atoms with Crippen molar-refractivity contribution in [3.05, 3.63) is 64.9 Å². The number of esters is 1. The number of aryl methyl sites for hydroxylation is 1. The lowest BCUT2D eigenvalue weighted by atomic mass is 10.1. The Labute approximate surface area is 152 Å². The van der Waals surface area contributed by atoms with Gasteiger partial charge < -0.3 is 14.2 Å². The zero-order chi connectivity index (χ0) is 18.5. The summed E-state index contributed by atoms with van der Waals surface area (Å²) in [5, 5.41) is 0. The van der Waals surface area contributed by atoms with Gasteiger partial charge in [-0.2, -0.15) is 0 Å². The maximum atomic E-state index is 12.2. The average molecular weight is 351 g/mol. The third kappa shape index (κ3) is 3.77. The van der Waals surface area contributed by atoms with Crippen LogP contribution in [0.5, 0.6) is 11.5 Å². The Bertz CT molecular complexity index is 883. The molecule has 0 saturated heterocycles. The predicted molar refractivity (Wildman–Crippen MR) is 101 cm³/mol. The number of hydrogen-bond donors (Lipinski definition) is 0. The van der Waals surface area contributed by atoms with Crippen molar-refractivity contribution >= 4 is 17.9 Å². The summed E-state index contributed by atoms with van der Waals surface area (Å²) in [6.07, 6.45) is 1.67. The van der Waals surface area contributed by atoms with Crippen LogP contribution in [-0.2, 0) is 9.53 Å². The van der Waals surface area contributed by atoms with Gasteiger partial charge >= 0.3 is 5.97 Å². The molecule has 1 heterocycles. The lowest BCUT2D eigenvalue weighted by Crippen LogP contribution is -2.06. The second-order valence-electron chi connectivity index (χ2n) is 5.72. The van der Waals surface area contributed by atoms with Gasteiger partial charge in [0.15, 0.2) is 5.70 Å². The SMILES string of the molecule is CCOc1ccc(/C=C2\N=C(c3ccccc3C)OC2=O)c(OCC)c1. The monoisotopic (exact) mass is 351 g/mol. The maximum Gasteiger partial charge on any atom is 0.363 e. The Balaban J connectivity index is 1.96. The summed E-state index contributed by atoms with van der Waals surface area (Å²) in [6.45, 7) is 6.86. The van der Waals surface area contributed by atoms with Crippen LogP contribution in [0.25, 0.3) is 6.08 Å². The second-order valence-corrected chi connectivity index (χ2v) is 5.72. The van der Waals surface area contributed by atoms with Gasteiger partial charge in [0.05, 0.1) is 13.2 Å². The van der Waals surface area contributed by atoms with Crippen LogP contribution in [0.3, 0.4) is 0 Å². The van der Waals surface area contributed by atoms with Crippen LogP contribution in [0.4, 0.5) is 0 Å². The van der Waals surface area contributed by atoms with Gasteiger partial charge in [-0.3, -0.25) is 0 Å². The Kier molecular flexibility index (Phi) is 5.37. The molecule has 0 aromatic heterocycles. The highest BCUT2D eigenvalue weighted by Crippen LogP contribution is 2.29. The molecule has 1 aliphatic heterocycles. The van der Waals surface area contributed by atoms with Crippen molar-refractivity contribution in [2.24, 2.45) is 4.99 Å². The lowest BCUT2D eigenvalue weighted by molar-refractivity contribution is -0.129. The first-order valence-corrected chi connectivity index (χ1v) is 8.60. The number of carbonyl (C=O) groups is 1. The van der Waals surface area contributed by atoms with Crippen LogP contribution in [0.1, 0.15) is 30.5 Å². The van der Waals surface area contributed by atoms with Gasteiger partial charge in [-0.05, 0) is 50.6 Å². The molecular weight excluding hydrogens is 330 g/mol. The topological polar surface area (TPSA) is 57.1 Å². The molecule has 0 unspecified atom stereocenters. The summed E-state index contributed by atoms with van der Waals surface area (Å²) in [4.78, 5) is 16.6. The molecule has 1 aliphatic rings. The summed E-state index contributed by atoms with van der Waals surface area (Å²) >= 11 is 0. The smallest absolute Gasteiger partial charge is 0.363 e. The quantitative estimate of drug-likeness (QED) is 0.580. The highest BCUT2D eigenvalue weighted by molar-refractivity contribution is 6.13. The molecule has 0 N–H and O–H groups in total. The molecule has 3 rings (SSSR count). The number of benzene rings is 2. The van der Waals surface area contributed by atoms with Gasteiger partial charge in [-0.1, -0.05) is 18.2 Å². The molecule has 0 amide bonds. The first kappa shape index (κ1) is 17.7. The molecule has 0 saturated carbocycles. The minimum Gasteiger partial charge on any atom is -0.494 e. The number of ether oxygens (including phenoxy) is 3. The van der Waals surface area contributed by atoms with Crippen LogP contribution in [0.2, 0.25) is 0 Å². The van der Waals surface area contributed by atoms with E-state index in [2.05, 4.69) is 4.99 Å². The number of hydrogen-bond acceptors (Lipinski definition) is 5. The molecule has 0 aliphatic carbocycles. The molecule has 26 heavy (non-hydrogen) atoms. The zero-order valence-electron chi connectivity index (χ0n) is 15.1. The Morgan fingerprint density at radius 2 is 1.85 bits per heavy atom. The Morgan fingerprint density at radius 3 is 2.58 bits per heavy atom. The summed E-state index contributed by atoms with van der Waals surface area (Å²) < 4.78 is 16.5. The van der Waals surface area contributed by atoms with E-state index in [0.717, 1.165) is 22.4 Å². The highest BCUT2D eigenvalue weighted by Gasteiger charge is 2.25. The van der Waals surface area contributed by atoms with E-state index in [9.17, 15) is 4.79 Å². The Morgan fingerprint density at radius 1 is 1.08 bits per heavy atom. The van der Waals surface area contributed by atoms with E-state index in [4.69, 9.17) is 14.2 Å². The van der Waals surface area contributed by atoms with Crippen LogP contribution in [-0.4, -0.2) is 25.1 Å². The van der Waals surface area contributed by atoms with Crippen molar-refractivity contribution in [1.82, 2.24) is 0 Å². The largest absolute Gasteiger partial charge is 0.494 e. The van der Waals surface area contributed by atoms with Crippen molar-refractivity contribution in [3.8, 4) is 11.5 Å². The fourth-order valence-corrected chi connectivity index (χ4v) is 2.66. The molecule has 0 radical (unpaired) electrons. The number of rotatable bonds is 6. The van der Waals surface area contributed by atoms with Crippen molar-refractivity contribution in [3.63, 3.8) is 0 Å². The molecule has 0 bridgehead atoms. The van der Waals surface area contributed by atoms with Crippen LogP contribution >= 0.6 is 0 Å². The van der Waals surface area contributed by atoms with E-state index in [-0.39, 0.29) is 5.70 Å². The first-order chi connectivity index (χ1) is 12.6. The minimum atomic E-state index is -0.473. The number of nitrogens with zero attached hydrogens (tertiary/aromatic N) is 1. The fraction of sp³-hybridized carbons (Fsp3) is 0.238. The highest BCUT2D eigenvalue weighted by atomic mass is 16.6. The third-order valence-corrected chi connectivity index (χ3v) is 3.88. The van der Waals surface area contributed by atoms with Crippen LogP contribution in [0.15, 0.2) is 53.2 Å². The normalized spacial score (nSPS) is 15.0. The standard InChI is InChI=1S/C21H21NO4/c1-4-24-16-11-10-15(19(13-16)25-5-2)12-18-21(23)26-20(22-18)17-9-7-6-8-14(17)3/h6-13H,4-5H2,1-3H3/b18-12-. The molecular formula is C21H21NO4. The van der Waals surface area contributed by atoms with Crippen molar-refractivity contribution in [2.75, 3.05) is 13.2 Å². The van der Waals surface area contributed by atoms with Crippen LogP contribution < -0.4 is 9.47 Å². The van der Waals surface area contributed by atoms with Gasteiger partial charge in [-0.15, -0.1) is 0 Å². The van der Waals surface area contributed by atoms with Crippen molar-refractivity contribution in [1.29, 1.82) is 0 Å². The summed E-state index contributed by atoms with van der Waals surface area (Å²) in [5.41, 5.74) is 2.79. The third-order valence-electron chi connectivity index (χ3n) is 3.88. The second kappa shape index (κ2) is 7.87. The van der Waals surface area contributed by atoms with E-state index in [1.807, 2.05) is 63.2 Å². The molecule has 2 aromatic rings. The van der Waals surface area contributed by atoms with Crippen LogP contribution in [0, 0.1) is 6.92 Å². The van der Waals surface area contributed by atoms with Gasteiger partial charge in [-0.25, -0.2) is 9.79 Å². The summed E-state index contributed by atoms with van der Waals surface area (Å²) in [7, 11) is 0. The van der Waals surface area contributed by atoms with Crippen molar-refractivity contribution in [2.45, 2.75) is 20.8 Å². The predicted octanol–water partition coefficient (Wildman–Crippen LogP) is 4.14. The minimum absolute atomic E-state index is 0.244. The molecule has 0 spiro atoms. The molecule has 0 atom stereocenters. The Hall–Kier alpha value is -3.08. The zero-order valence-corrected chi connectivity index (χ0v) is 15.1. The van der Waals surface area contributed by atoms with Gasteiger partial charge in [0, 0.05) is 17.2 Å². The molecule has 5 heteroatoms. The lowest BCUT2D eigenvalue weighted by Gasteiger charge is -2.10. The molecule has 134 valence electrons. The van der Waals surface area contributed by atoms with E-state index < -0.39 is 5.97 Å². The molecule has 0 fully saturated rings. The van der Waals surface area contributed by atoms with Gasteiger partial charge in [0.2, 0.25) is 5.90 Å². The van der Waals surface area contributed by atoms with Gasteiger partial charge in [0.25, 0.3) is 0 Å².